The van der Waals surface area contributed by atoms with Crippen LogP contribution in [0.15, 0.2) is 24.3 Å². The fraction of sp³-hybridized carbons (Fsp3) is 0.250. The third-order valence-corrected chi connectivity index (χ3v) is 3.06. The number of hydrogen-bond acceptors (Lipinski definition) is 4. The van der Waals surface area contributed by atoms with Gasteiger partial charge in [0.05, 0.1) is 11.4 Å². The molecule has 0 aliphatic carbocycles. The van der Waals surface area contributed by atoms with E-state index in [-0.39, 0.29) is 0 Å². The van der Waals surface area contributed by atoms with Gasteiger partial charge in [-0.25, -0.2) is 0 Å². The Bertz CT molecular complexity index is 593. The van der Waals surface area contributed by atoms with Crippen LogP contribution in [-0.2, 0) is 12.8 Å². The van der Waals surface area contributed by atoms with E-state index in [1.54, 1.807) is 24.3 Å². The van der Waals surface area contributed by atoms with Crippen molar-refractivity contribution in [1.29, 1.82) is 0 Å². The lowest BCUT2D eigenvalue weighted by Crippen LogP contribution is -1.99. The molecule has 0 bridgehead atoms. The molecule has 4 heteroatoms. The molecular formula is C16H16N2O2. The van der Waals surface area contributed by atoms with Crippen LogP contribution in [0.3, 0.4) is 0 Å². The summed E-state index contributed by atoms with van der Waals surface area (Å²) in [6, 6.07) is 6.92. The Kier molecular flexibility index (Phi) is 4.35. The standard InChI is InChI=1S/C16H16N2O2/c1-3-13-5-11(9-19)7-15(17-13)16-8-12(10-20)6-14(4-2)18-16/h5-10H,3-4H2,1-2H3. The number of aldehydes is 2. The summed E-state index contributed by atoms with van der Waals surface area (Å²) < 4.78 is 0. The van der Waals surface area contributed by atoms with Gasteiger partial charge in [-0.1, -0.05) is 13.8 Å². The first kappa shape index (κ1) is 14.1. The highest BCUT2D eigenvalue weighted by Crippen LogP contribution is 2.19. The molecule has 0 aromatic carbocycles. The van der Waals surface area contributed by atoms with Crippen LogP contribution in [-0.4, -0.2) is 22.5 Å². The predicted molar refractivity (Wildman–Crippen MR) is 77.0 cm³/mol. The molecule has 0 radical (unpaired) electrons. The van der Waals surface area contributed by atoms with Crippen molar-refractivity contribution < 1.29 is 9.59 Å². The highest BCUT2D eigenvalue weighted by Gasteiger charge is 2.08. The highest BCUT2D eigenvalue weighted by molar-refractivity contribution is 5.80. The van der Waals surface area contributed by atoms with Gasteiger partial charge in [0.15, 0.2) is 0 Å². The lowest BCUT2D eigenvalue weighted by atomic mass is 10.1. The van der Waals surface area contributed by atoms with Crippen molar-refractivity contribution in [3.05, 3.63) is 46.8 Å². The first-order chi connectivity index (χ1) is 9.69. The van der Waals surface area contributed by atoms with Crippen LogP contribution in [0.4, 0.5) is 0 Å². The minimum atomic E-state index is 0.572. The average Bonchev–Trinajstić information content (AvgIpc) is 2.53. The Morgan fingerprint density at radius 1 is 0.800 bits per heavy atom. The van der Waals surface area contributed by atoms with E-state index in [9.17, 15) is 9.59 Å². The fourth-order valence-electron chi connectivity index (χ4n) is 1.98. The zero-order valence-electron chi connectivity index (χ0n) is 11.6. The molecular weight excluding hydrogens is 252 g/mol. The molecule has 0 unspecified atom stereocenters. The quantitative estimate of drug-likeness (QED) is 0.782. The minimum absolute atomic E-state index is 0.572. The molecule has 0 amide bonds. The Morgan fingerprint density at radius 3 is 1.50 bits per heavy atom. The van der Waals surface area contributed by atoms with E-state index in [1.807, 2.05) is 13.8 Å². The molecule has 2 rings (SSSR count). The second-order valence-corrected chi connectivity index (χ2v) is 4.50. The molecule has 0 spiro atoms. The molecule has 102 valence electrons. The van der Waals surface area contributed by atoms with E-state index in [1.165, 1.54) is 0 Å². The van der Waals surface area contributed by atoms with Crippen LogP contribution < -0.4 is 0 Å². The molecule has 2 heterocycles. The SMILES string of the molecule is CCc1cc(C=O)cc(-c2cc(C=O)cc(CC)n2)n1. The Balaban J connectivity index is 2.60. The molecule has 0 N–H and O–H groups in total. The lowest BCUT2D eigenvalue weighted by Gasteiger charge is -2.07. The maximum atomic E-state index is 11.0. The smallest absolute Gasteiger partial charge is 0.150 e. The maximum absolute atomic E-state index is 11.0. The second kappa shape index (κ2) is 6.19. The molecule has 0 saturated carbocycles. The number of nitrogens with zero attached hydrogens (tertiary/aromatic N) is 2. The van der Waals surface area contributed by atoms with Crippen molar-refractivity contribution in [2.24, 2.45) is 0 Å². The molecule has 4 nitrogen and oxygen atoms in total. The number of rotatable bonds is 5. The van der Waals surface area contributed by atoms with Gasteiger partial charge in [0.2, 0.25) is 0 Å². The van der Waals surface area contributed by atoms with Crippen LogP contribution >= 0.6 is 0 Å². The van der Waals surface area contributed by atoms with Crippen LogP contribution in [0.25, 0.3) is 11.4 Å². The zero-order valence-corrected chi connectivity index (χ0v) is 11.6. The third kappa shape index (κ3) is 2.96. The topological polar surface area (TPSA) is 59.9 Å². The molecule has 0 atom stereocenters. The lowest BCUT2D eigenvalue weighted by molar-refractivity contribution is 0.111. The minimum Gasteiger partial charge on any atom is -0.298 e. The normalized spacial score (nSPS) is 10.3. The monoisotopic (exact) mass is 268 g/mol. The molecule has 20 heavy (non-hydrogen) atoms. The molecule has 2 aromatic heterocycles. The Morgan fingerprint density at radius 2 is 1.20 bits per heavy atom. The first-order valence-corrected chi connectivity index (χ1v) is 6.62. The van der Waals surface area contributed by atoms with Gasteiger partial charge in [-0.3, -0.25) is 19.6 Å². The molecule has 0 aliphatic heterocycles. The number of aryl methyl sites for hydroxylation is 2. The number of hydrogen-bond donors (Lipinski definition) is 0. The van der Waals surface area contributed by atoms with E-state index >= 15 is 0 Å². The van der Waals surface area contributed by atoms with E-state index in [4.69, 9.17) is 0 Å². The first-order valence-electron chi connectivity index (χ1n) is 6.62. The van der Waals surface area contributed by atoms with Gasteiger partial charge in [0.25, 0.3) is 0 Å². The highest BCUT2D eigenvalue weighted by atomic mass is 16.1. The van der Waals surface area contributed by atoms with Crippen LogP contribution in [0.1, 0.15) is 46.0 Å². The summed E-state index contributed by atoms with van der Waals surface area (Å²) in [6.45, 7) is 3.96. The van der Waals surface area contributed by atoms with Gasteiger partial charge >= 0.3 is 0 Å². The summed E-state index contributed by atoms with van der Waals surface area (Å²) in [5, 5.41) is 0. The summed E-state index contributed by atoms with van der Waals surface area (Å²) in [4.78, 5) is 31.0. The molecule has 0 aliphatic rings. The van der Waals surface area contributed by atoms with Crippen molar-refractivity contribution in [3.8, 4) is 11.4 Å². The maximum Gasteiger partial charge on any atom is 0.150 e. The largest absolute Gasteiger partial charge is 0.298 e. The number of carbonyl (C=O) groups is 2. The van der Waals surface area contributed by atoms with Gasteiger partial charge in [0.1, 0.15) is 12.6 Å². The predicted octanol–water partition coefficient (Wildman–Crippen LogP) is 2.89. The summed E-state index contributed by atoms with van der Waals surface area (Å²) >= 11 is 0. The van der Waals surface area contributed by atoms with E-state index in [0.29, 0.717) is 22.5 Å². The second-order valence-electron chi connectivity index (χ2n) is 4.50. The summed E-state index contributed by atoms with van der Waals surface area (Å²) in [5.41, 5.74) is 4.07. The molecule has 0 fully saturated rings. The van der Waals surface area contributed by atoms with E-state index in [0.717, 1.165) is 36.8 Å². The van der Waals surface area contributed by atoms with Crippen molar-refractivity contribution in [2.45, 2.75) is 26.7 Å². The van der Waals surface area contributed by atoms with Gasteiger partial charge in [-0.15, -0.1) is 0 Å². The Hall–Kier alpha value is -2.36. The Labute approximate surface area is 117 Å². The fourth-order valence-corrected chi connectivity index (χ4v) is 1.98. The zero-order chi connectivity index (χ0) is 14.5. The summed E-state index contributed by atoms with van der Waals surface area (Å²) in [7, 11) is 0. The number of aromatic nitrogens is 2. The summed E-state index contributed by atoms with van der Waals surface area (Å²) in [5.74, 6) is 0. The van der Waals surface area contributed by atoms with Crippen molar-refractivity contribution >= 4 is 12.6 Å². The van der Waals surface area contributed by atoms with Crippen molar-refractivity contribution in [1.82, 2.24) is 9.97 Å². The van der Waals surface area contributed by atoms with Crippen LogP contribution in [0, 0.1) is 0 Å². The van der Waals surface area contributed by atoms with E-state index < -0.39 is 0 Å². The van der Waals surface area contributed by atoms with Gasteiger partial charge in [-0.05, 0) is 37.1 Å². The van der Waals surface area contributed by atoms with Crippen molar-refractivity contribution in [2.75, 3.05) is 0 Å². The molecule has 0 saturated heterocycles. The number of carbonyl (C=O) groups excluding carboxylic acids is 2. The van der Waals surface area contributed by atoms with Gasteiger partial charge < -0.3 is 0 Å². The molecule has 2 aromatic rings. The number of pyridine rings is 2. The van der Waals surface area contributed by atoms with Gasteiger partial charge in [0, 0.05) is 22.5 Å². The third-order valence-electron chi connectivity index (χ3n) is 3.06. The van der Waals surface area contributed by atoms with Gasteiger partial charge in [-0.2, -0.15) is 0 Å². The van der Waals surface area contributed by atoms with Crippen LogP contribution in [0.2, 0.25) is 0 Å². The van der Waals surface area contributed by atoms with Crippen LogP contribution in [0.5, 0.6) is 0 Å². The van der Waals surface area contributed by atoms with Crippen molar-refractivity contribution in [3.63, 3.8) is 0 Å². The van der Waals surface area contributed by atoms with E-state index in [2.05, 4.69) is 9.97 Å². The summed E-state index contributed by atoms with van der Waals surface area (Å²) in [6.07, 6.45) is 3.08. The average molecular weight is 268 g/mol.